The van der Waals surface area contributed by atoms with E-state index in [1.54, 1.807) is 0 Å². The van der Waals surface area contributed by atoms with Gasteiger partial charge in [-0.2, -0.15) is 0 Å². The largest absolute Gasteiger partial charge is 0.324 e. The molecule has 3 aromatic rings. The van der Waals surface area contributed by atoms with E-state index in [4.69, 9.17) is 4.98 Å². The van der Waals surface area contributed by atoms with Gasteiger partial charge >= 0.3 is 0 Å². The van der Waals surface area contributed by atoms with Gasteiger partial charge in [-0.1, -0.05) is 60.1 Å². The average molecular weight is 355 g/mol. The van der Waals surface area contributed by atoms with Crippen molar-refractivity contribution in [1.29, 1.82) is 0 Å². The Morgan fingerprint density at radius 1 is 1.09 bits per heavy atom. The maximum absolute atomic E-state index is 4.77. The summed E-state index contributed by atoms with van der Waals surface area (Å²) in [6.07, 6.45) is 4.22. The van der Waals surface area contributed by atoms with Crippen molar-refractivity contribution >= 4 is 39.1 Å². The predicted molar refractivity (Wildman–Crippen MR) is 97.6 cm³/mol. The summed E-state index contributed by atoms with van der Waals surface area (Å²) < 4.78 is 3.39. The second-order valence-corrected chi connectivity index (χ2v) is 6.77. The number of para-hydroxylation sites is 2. The molecule has 0 amide bonds. The van der Waals surface area contributed by atoms with Crippen LogP contribution in [0.4, 0.5) is 0 Å². The van der Waals surface area contributed by atoms with E-state index in [0.29, 0.717) is 5.92 Å². The Bertz CT molecular complexity index is 815. The van der Waals surface area contributed by atoms with Gasteiger partial charge in [-0.05, 0) is 41.8 Å². The molecule has 0 bridgehead atoms. The maximum Gasteiger partial charge on any atom is 0.133 e. The minimum Gasteiger partial charge on any atom is -0.324 e. The summed E-state index contributed by atoms with van der Waals surface area (Å²) in [4.78, 5) is 4.77. The van der Waals surface area contributed by atoms with Crippen LogP contribution in [0, 0.1) is 5.92 Å². The molecule has 112 valence electrons. The van der Waals surface area contributed by atoms with Crippen LogP contribution in [0.3, 0.4) is 0 Å². The van der Waals surface area contributed by atoms with Gasteiger partial charge < -0.3 is 4.57 Å². The van der Waals surface area contributed by atoms with Crippen LogP contribution in [0.2, 0.25) is 0 Å². The third kappa shape index (κ3) is 3.30. The maximum atomic E-state index is 4.77. The van der Waals surface area contributed by atoms with E-state index < -0.39 is 0 Å². The summed E-state index contributed by atoms with van der Waals surface area (Å²) in [5.74, 6) is 1.59. The van der Waals surface area contributed by atoms with Crippen LogP contribution >= 0.6 is 15.9 Å². The summed E-state index contributed by atoms with van der Waals surface area (Å²) in [5.41, 5.74) is 3.42. The molecule has 0 fully saturated rings. The summed E-state index contributed by atoms with van der Waals surface area (Å²) in [6.45, 7) is 5.44. The number of benzene rings is 2. The molecule has 3 heteroatoms. The molecule has 1 heterocycles. The predicted octanol–water partition coefficient (Wildman–Crippen LogP) is 5.63. The van der Waals surface area contributed by atoms with Crippen LogP contribution in [0.1, 0.15) is 25.2 Å². The second kappa shape index (κ2) is 6.49. The van der Waals surface area contributed by atoms with Gasteiger partial charge in [0.2, 0.25) is 0 Å². The number of aromatic nitrogens is 2. The Morgan fingerprint density at radius 3 is 2.68 bits per heavy atom. The number of fused-ring (bicyclic) bond motifs is 1. The lowest BCUT2D eigenvalue weighted by Crippen LogP contribution is -2.06. The van der Waals surface area contributed by atoms with E-state index in [9.17, 15) is 0 Å². The summed E-state index contributed by atoms with van der Waals surface area (Å²) in [5, 5.41) is 0. The highest BCUT2D eigenvalue weighted by molar-refractivity contribution is 9.10. The molecular weight excluding hydrogens is 336 g/mol. The standard InChI is InChI=1S/C19H19BrN2/c1-14(2)13-22-18-9-4-3-8-17(18)21-19(22)11-10-15-6-5-7-16(20)12-15/h3-12,14H,13H2,1-2H3/b11-10+. The van der Waals surface area contributed by atoms with Gasteiger partial charge in [0.25, 0.3) is 0 Å². The topological polar surface area (TPSA) is 17.8 Å². The Labute approximate surface area is 139 Å². The molecule has 0 atom stereocenters. The zero-order chi connectivity index (χ0) is 15.5. The SMILES string of the molecule is CC(C)Cn1c(/C=C/c2cccc(Br)c2)nc2ccccc21. The number of nitrogens with zero attached hydrogens (tertiary/aromatic N) is 2. The number of halogens is 1. The highest BCUT2D eigenvalue weighted by Gasteiger charge is 2.09. The summed E-state index contributed by atoms with van der Waals surface area (Å²) in [7, 11) is 0. The van der Waals surface area contributed by atoms with E-state index in [1.807, 2.05) is 18.2 Å². The molecule has 0 saturated carbocycles. The van der Waals surface area contributed by atoms with E-state index in [0.717, 1.165) is 27.9 Å². The normalized spacial score (nSPS) is 11.8. The van der Waals surface area contributed by atoms with Gasteiger partial charge in [-0.15, -0.1) is 0 Å². The molecular formula is C19H19BrN2. The van der Waals surface area contributed by atoms with E-state index in [1.165, 1.54) is 5.52 Å². The van der Waals surface area contributed by atoms with Gasteiger partial charge in [-0.3, -0.25) is 0 Å². The molecule has 0 N–H and O–H groups in total. The molecule has 0 aliphatic rings. The average Bonchev–Trinajstić information content (AvgIpc) is 2.83. The summed E-state index contributed by atoms with van der Waals surface area (Å²) >= 11 is 3.51. The van der Waals surface area contributed by atoms with Gasteiger partial charge in [0.1, 0.15) is 5.82 Å². The first-order valence-corrected chi connectivity index (χ1v) is 8.31. The van der Waals surface area contributed by atoms with E-state index in [2.05, 4.69) is 76.8 Å². The van der Waals surface area contributed by atoms with Crippen molar-refractivity contribution in [3.05, 3.63) is 64.4 Å². The van der Waals surface area contributed by atoms with Gasteiger partial charge in [-0.25, -0.2) is 4.98 Å². The first kappa shape index (κ1) is 15.0. The zero-order valence-electron chi connectivity index (χ0n) is 12.8. The fourth-order valence-electron chi connectivity index (χ4n) is 2.56. The van der Waals surface area contributed by atoms with Crippen molar-refractivity contribution in [3.63, 3.8) is 0 Å². The molecule has 3 rings (SSSR count). The fourth-order valence-corrected chi connectivity index (χ4v) is 2.98. The zero-order valence-corrected chi connectivity index (χ0v) is 14.4. The van der Waals surface area contributed by atoms with E-state index >= 15 is 0 Å². The smallest absolute Gasteiger partial charge is 0.133 e. The minimum absolute atomic E-state index is 0.579. The first-order valence-electron chi connectivity index (χ1n) is 7.52. The van der Waals surface area contributed by atoms with E-state index in [-0.39, 0.29) is 0 Å². The van der Waals surface area contributed by atoms with Gasteiger partial charge in [0.15, 0.2) is 0 Å². The Kier molecular flexibility index (Phi) is 4.44. The molecule has 2 aromatic carbocycles. The number of hydrogen-bond acceptors (Lipinski definition) is 1. The second-order valence-electron chi connectivity index (χ2n) is 5.85. The molecule has 0 spiro atoms. The molecule has 1 aromatic heterocycles. The fraction of sp³-hybridized carbons (Fsp3) is 0.211. The first-order chi connectivity index (χ1) is 10.6. The Morgan fingerprint density at radius 2 is 1.91 bits per heavy atom. The van der Waals surface area contributed by atoms with Crippen LogP contribution in [0.15, 0.2) is 53.0 Å². The Balaban J connectivity index is 2.02. The molecule has 0 saturated heterocycles. The van der Waals surface area contributed by atoms with Crippen LogP contribution < -0.4 is 0 Å². The van der Waals surface area contributed by atoms with Crippen molar-refractivity contribution in [3.8, 4) is 0 Å². The van der Waals surface area contributed by atoms with Crippen LogP contribution in [0.25, 0.3) is 23.2 Å². The monoisotopic (exact) mass is 354 g/mol. The van der Waals surface area contributed by atoms with Crippen molar-refractivity contribution in [1.82, 2.24) is 9.55 Å². The lowest BCUT2D eigenvalue weighted by molar-refractivity contribution is 0.530. The molecule has 0 aliphatic heterocycles. The lowest BCUT2D eigenvalue weighted by atomic mass is 10.2. The third-order valence-corrected chi connectivity index (χ3v) is 4.00. The van der Waals surface area contributed by atoms with Crippen LogP contribution in [-0.2, 0) is 6.54 Å². The summed E-state index contributed by atoms with van der Waals surface area (Å²) in [6, 6.07) is 16.6. The molecule has 0 radical (unpaired) electrons. The lowest BCUT2D eigenvalue weighted by Gasteiger charge is -2.09. The number of imidazole rings is 1. The molecule has 22 heavy (non-hydrogen) atoms. The van der Waals surface area contributed by atoms with Crippen LogP contribution in [0.5, 0.6) is 0 Å². The quantitative estimate of drug-likeness (QED) is 0.593. The molecule has 0 aliphatic carbocycles. The van der Waals surface area contributed by atoms with Crippen molar-refractivity contribution in [2.45, 2.75) is 20.4 Å². The van der Waals surface area contributed by atoms with Crippen molar-refractivity contribution in [2.24, 2.45) is 5.92 Å². The van der Waals surface area contributed by atoms with Gasteiger partial charge in [0.05, 0.1) is 11.0 Å². The molecule has 0 unspecified atom stereocenters. The van der Waals surface area contributed by atoms with Crippen molar-refractivity contribution in [2.75, 3.05) is 0 Å². The third-order valence-electron chi connectivity index (χ3n) is 3.51. The highest BCUT2D eigenvalue weighted by atomic mass is 79.9. The number of rotatable bonds is 4. The molecule has 2 nitrogen and oxygen atoms in total. The number of hydrogen-bond donors (Lipinski definition) is 0. The minimum atomic E-state index is 0.579. The Hall–Kier alpha value is -1.87. The van der Waals surface area contributed by atoms with Crippen LogP contribution in [-0.4, -0.2) is 9.55 Å². The van der Waals surface area contributed by atoms with Crippen molar-refractivity contribution < 1.29 is 0 Å². The highest BCUT2D eigenvalue weighted by Crippen LogP contribution is 2.20. The van der Waals surface area contributed by atoms with Gasteiger partial charge in [0, 0.05) is 11.0 Å².